The Labute approximate surface area is 187 Å². The smallest absolute Gasteiger partial charge is 0.253 e. The van der Waals surface area contributed by atoms with Crippen molar-refractivity contribution >= 4 is 28.2 Å². The molecule has 3 heterocycles. The van der Waals surface area contributed by atoms with Crippen molar-refractivity contribution in [3.8, 4) is 11.5 Å². The predicted molar refractivity (Wildman–Crippen MR) is 124 cm³/mol. The van der Waals surface area contributed by atoms with Gasteiger partial charge in [0.2, 0.25) is 6.79 Å². The van der Waals surface area contributed by atoms with E-state index in [-0.39, 0.29) is 18.5 Å². The molecule has 8 nitrogen and oxygen atoms in total. The molecule has 0 aliphatic carbocycles. The first-order valence-corrected chi connectivity index (χ1v) is 11.1. The lowest BCUT2D eigenvalue weighted by atomic mass is 10.1. The van der Waals surface area contributed by atoms with Crippen molar-refractivity contribution in [2.24, 2.45) is 0 Å². The van der Waals surface area contributed by atoms with Gasteiger partial charge in [0, 0.05) is 36.7 Å². The third-order valence-electron chi connectivity index (χ3n) is 5.60. The second-order valence-electron chi connectivity index (χ2n) is 8.32. The molecule has 31 heavy (non-hydrogen) atoms. The van der Waals surface area contributed by atoms with Gasteiger partial charge in [-0.15, -0.1) is 0 Å². The normalized spacial score (nSPS) is 17.5. The van der Waals surface area contributed by atoms with Gasteiger partial charge in [0.25, 0.3) is 5.56 Å². The van der Waals surface area contributed by atoms with Crippen molar-refractivity contribution in [3.05, 3.63) is 34.1 Å². The van der Waals surface area contributed by atoms with E-state index in [0.717, 1.165) is 49.9 Å². The quantitative estimate of drug-likeness (QED) is 0.597. The molecular weight excluding hydrogens is 416 g/mol. The molecule has 1 fully saturated rings. The Kier molecular flexibility index (Phi) is 6.94. The lowest BCUT2D eigenvalue weighted by Gasteiger charge is -2.27. The summed E-state index contributed by atoms with van der Waals surface area (Å²) in [6, 6.07) is 5.63. The molecule has 168 valence electrons. The number of hydrogen-bond donors (Lipinski definition) is 2. The van der Waals surface area contributed by atoms with Crippen LogP contribution in [-0.2, 0) is 11.3 Å². The van der Waals surface area contributed by atoms with Crippen LogP contribution in [0.25, 0.3) is 10.9 Å². The lowest BCUT2D eigenvalue weighted by Crippen LogP contribution is -2.43. The van der Waals surface area contributed by atoms with Gasteiger partial charge in [-0.3, -0.25) is 4.79 Å². The first kappa shape index (κ1) is 21.9. The molecule has 1 unspecified atom stereocenters. The zero-order valence-corrected chi connectivity index (χ0v) is 18.9. The standard InChI is InChI=1S/C22H30N4O4S/c1-25(2)6-4-7-26(22(31)23-12-17-5-3-8-28-17)13-16-9-15-10-19-20(30-14-29-19)11-18(15)24-21(16)27/h9-11,17H,3-8,12-14H2,1-2H3,(H,23,31)(H,24,27). The Balaban J connectivity index is 1.50. The van der Waals surface area contributed by atoms with Crippen LogP contribution in [0.1, 0.15) is 24.8 Å². The Hall–Kier alpha value is -2.36. The Morgan fingerprint density at radius 3 is 2.77 bits per heavy atom. The van der Waals surface area contributed by atoms with E-state index in [9.17, 15) is 4.79 Å². The van der Waals surface area contributed by atoms with E-state index in [1.807, 2.05) is 18.2 Å². The number of thiocarbonyl (C=S) groups is 1. The SMILES string of the molecule is CN(C)CCCN(Cc1cc2cc3c(cc2[nH]c1=O)OCO3)C(=S)NCC1CCCO1. The van der Waals surface area contributed by atoms with Gasteiger partial charge >= 0.3 is 0 Å². The number of ether oxygens (including phenoxy) is 3. The summed E-state index contributed by atoms with van der Waals surface area (Å²) in [5, 5.41) is 4.90. The number of nitrogens with zero attached hydrogens (tertiary/aromatic N) is 2. The van der Waals surface area contributed by atoms with Crippen molar-refractivity contribution in [2.75, 3.05) is 47.1 Å². The van der Waals surface area contributed by atoms with Gasteiger partial charge in [-0.25, -0.2) is 0 Å². The Bertz CT molecular complexity index is 987. The number of fused-ring (bicyclic) bond motifs is 2. The molecular formula is C22H30N4O4S. The van der Waals surface area contributed by atoms with E-state index in [0.29, 0.717) is 35.3 Å². The van der Waals surface area contributed by atoms with E-state index in [4.69, 9.17) is 26.4 Å². The van der Waals surface area contributed by atoms with Crippen LogP contribution in [0.15, 0.2) is 23.0 Å². The Morgan fingerprint density at radius 1 is 1.23 bits per heavy atom. The molecule has 0 bridgehead atoms. The highest BCUT2D eigenvalue weighted by atomic mass is 32.1. The molecule has 1 atom stereocenters. The molecule has 2 aromatic rings. The maximum atomic E-state index is 12.8. The molecule has 2 aliphatic heterocycles. The summed E-state index contributed by atoms with van der Waals surface area (Å²) in [5.74, 6) is 1.35. The van der Waals surface area contributed by atoms with Crippen LogP contribution < -0.4 is 20.3 Å². The molecule has 0 saturated carbocycles. The van der Waals surface area contributed by atoms with Crippen LogP contribution in [0.3, 0.4) is 0 Å². The number of aromatic amines is 1. The predicted octanol–water partition coefficient (Wildman–Crippen LogP) is 2.06. The van der Waals surface area contributed by atoms with Gasteiger partial charge in [0.15, 0.2) is 16.6 Å². The second kappa shape index (κ2) is 9.84. The summed E-state index contributed by atoms with van der Waals surface area (Å²) in [4.78, 5) is 20.0. The van der Waals surface area contributed by atoms with Gasteiger partial charge in [-0.2, -0.15) is 0 Å². The summed E-state index contributed by atoms with van der Waals surface area (Å²) in [6.07, 6.45) is 3.29. The van der Waals surface area contributed by atoms with Crippen LogP contribution in [0.4, 0.5) is 0 Å². The number of hydrogen-bond acceptors (Lipinski definition) is 6. The van der Waals surface area contributed by atoms with Crippen molar-refractivity contribution in [1.29, 1.82) is 0 Å². The average molecular weight is 447 g/mol. The zero-order valence-electron chi connectivity index (χ0n) is 18.1. The van der Waals surface area contributed by atoms with Crippen molar-refractivity contribution < 1.29 is 14.2 Å². The molecule has 2 N–H and O–H groups in total. The fourth-order valence-corrected chi connectivity index (χ4v) is 4.15. The molecule has 1 saturated heterocycles. The van der Waals surface area contributed by atoms with Gasteiger partial charge < -0.3 is 34.3 Å². The summed E-state index contributed by atoms with van der Waals surface area (Å²) in [6.45, 7) is 3.85. The minimum absolute atomic E-state index is 0.120. The van der Waals surface area contributed by atoms with Crippen LogP contribution in [0.2, 0.25) is 0 Å². The zero-order chi connectivity index (χ0) is 21.8. The number of benzene rings is 1. The average Bonchev–Trinajstić information content (AvgIpc) is 3.41. The topological polar surface area (TPSA) is 79.1 Å². The molecule has 0 amide bonds. The van der Waals surface area contributed by atoms with Gasteiger partial charge in [0.05, 0.1) is 18.2 Å². The maximum Gasteiger partial charge on any atom is 0.253 e. The third-order valence-corrected chi connectivity index (χ3v) is 6.00. The fraction of sp³-hybridized carbons (Fsp3) is 0.545. The molecule has 4 rings (SSSR count). The van der Waals surface area contributed by atoms with Crippen molar-refractivity contribution in [1.82, 2.24) is 20.1 Å². The highest BCUT2D eigenvalue weighted by Crippen LogP contribution is 2.35. The van der Waals surface area contributed by atoms with Gasteiger partial charge in [0.1, 0.15) is 0 Å². The summed E-state index contributed by atoms with van der Waals surface area (Å²) in [5.41, 5.74) is 1.28. The van der Waals surface area contributed by atoms with Crippen LogP contribution >= 0.6 is 12.2 Å². The third kappa shape index (κ3) is 5.47. The van der Waals surface area contributed by atoms with E-state index >= 15 is 0 Å². The number of rotatable bonds is 8. The summed E-state index contributed by atoms with van der Waals surface area (Å²) < 4.78 is 16.6. The monoisotopic (exact) mass is 446 g/mol. The molecule has 1 aromatic heterocycles. The van der Waals surface area contributed by atoms with Crippen LogP contribution in [0, 0.1) is 0 Å². The lowest BCUT2D eigenvalue weighted by molar-refractivity contribution is 0.113. The molecule has 0 radical (unpaired) electrons. The summed E-state index contributed by atoms with van der Waals surface area (Å²) >= 11 is 5.69. The van der Waals surface area contributed by atoms with Crippen LogP contribution in [-0.4, -0.2) is 73.1 Å². The van der Waals surface area contributed by atoms with E-state index < -0.39 is 0 Å². The minimum Gasteiger partial charge on any atom is -0.454 e. The van der Waals surface area contributed by atoms with E-state index in [1.54, 1.807) is 0 Å². The van der Waals surface area contributed by atoms with E-state index in [1.165, 1.54) is 0 Å². The Morgan fingerprint density at radius 2 is 2.03 bits per heavy atom. The molecule has 0 spiro atoms. The van der Waals surface area contributed by atoms with Gasteiger partial charge in [-0.05, 0) is 64.3 Å². The van der Waals surface area contributed by atoms with Gasteiger partial charge in [-0.1, -0.05) is 0 Å². The van der Waals surface area contributed by atoms with E-state index in [2.05, 4.69) is 34.2 Å². The highest BCUT2D eigenvalue weighted by molar-refractivity contribution is 7.80. The first-order valence-electron chi connectivity index (χ1n) is 10.7. The highest BCUT2D eigenvalue weighted by Gasteiger charge is 2.19. The number of H-pyrrole nitrogens is 1. The second-order valence-corrected chi connectivity index (χ2v) is 8.70. The molecule has 1 aromatic carbocycles. The van der Waals surface area contributed by atoms with Crippen LogP contribution in [0.5, 0.6) is 11.5 Å². The molecule has 2 aliphatic rings. The maximum absolute atomic E-state index is 12.8. The van der Waals surface area contributed by atoms with Crippen molar-refractivity contribution in [2.45, 2.75) is 31.9 Å². The minimum atomic E-state index is -0.120. The summed E-state index contributed by atoms with van der Waals surface area (Å²) in [7, 11) is 4.10. The number of pyridine rings is 1. The first-order chi connectivity index (χ1) is 15.0. The number of nitrogens with one attached hydrogen (secondary N) is 2. The fourth-order valence-electron chi connectivity index (χ4n) is 3.91. The van der Waals surface area contributed by atoms with Crippen molar-refractivity contribution in [3.63, 3.8) is 0 Å². The number of aromatic nitrogens is 1. The molecule has 9 heteroatoms. The largest absolute Gasteiger partial charge is 0.454 e.